The number of nitrogens with zero attached hydrogens (tertiary/aromatic N) is 2. The van der Waals surface area contributed by atoms with Gasteiger partial charge >= 0.3 is 0 Å². The van der Waals surface area contributed by atoms with Gasteiger partial charge in [-0.05, 0) is 36.4 Å². The van der Waals surface area contributed by atoms with Crippen LogP contribution >= 0.6 is 162 Å². The Morgan fingerprint density at radius 3 is 0.731 bits per heavy atom. The Labute approximate surface area is 443 Å². The molecule has 9 rings (SSSR count). The molecule has 2 aliphatic heterocycles. The number of rotatable bonds is 4. The largest absolute Gasteiger partial charge is 0.352 e. The van der Waals surface area contributed by atoms with E-state index in [9.17, 15) is 4.39 Å². The summed E-state index contributed by atoms with van der Waals surface area (Å²) < 4.78 is 78.2. The van der Waals surface area contributed by atoms with Crippen LogP contribution in [0.15, 0.2) is 54.6 Å². The second kappa shape index (κ2) is 18.4. The zero-order chi connectivity index (χ0) is 48.4. The number of nitrogens with one attached hydrogen (secondary N) is 2. The molecule has 5 heterocycles. The van der Waals surface area contributed by atoms with Gasteiger partial charge in [0.2, 0.25) is 5.82 Å². The molecule has 0 fully saturated rings. The van der Waals surface area contributed by atoms with Crippen molar-refractivity contribution >= 4 is 205 Å². The van der Waals surface area contributed by atoms with Crippen LogP contribution in [0.3, 0.4) is 0 Å². The van der Waals surface area contributed by atoms with Crippen LogP contribution in [0.2, 0.25) is 50.2 Å². The number of H-pyrrole nitrogens is 2. The lowest BCUT2D eigenvalue weighted by molar-refractivity contribution is 0.381. The molecule has 0 spiro atoms. The highest BCUT2D eigenvalue weighted by atomic mass is 35.5. The first-order chi connectivity index (χ1) is 31.7. The standard InChI is InChI=1S/C44H11Cl14F5N4/c45-10-4-1-5-11(46)16(10)20-37-24(51)26(53)39(64-37)21(17-12(47)6-2-7-13(17)48)41-28(55)30(57)43(66-41)23(19-32(59)34(61)36(63)35(62)33(19)60)44-31(58)29(56)42(67-44)22(18-14(49)8-3-9-15(18)50)40-27(54)25(52)38(20)65-40/h1-9,64,67H. The van der Waals surface area contributed by atoms with Crippen molar-refractivity contribution in [3.63, 3.8) is 0 Å². The molecule has 67 heavy (non-hydrogen) atoms. The van der Waals surface area contributed by atoms with Gasteiger partial charge in [0.25, 0.3) is 0 Å². The predicted octanol–water partition coefficient (Wildman–Crippen LogP) is 20.8. The number of hydrogen-bond donors (Lipinski definition) is 2. The molecule has 7 aromatic rings. The van der Waals surface area contributed by atoms with Crippen molar-refractivity contribution in [3.8, 4) is 44.5 Å². The van der Waals surface area contributed by atoms with Gasteiger partial charge in [-0.3, -0.25) is 0 Å². The van der Waals surface area contributed by atoms with Crippen molar-refractivity contribution in [2.24, 2.45) is 0 Å². The number of benzene rings is 4. The molecule has 2 N–H and O–H groups in total. The Hall–Kier alpha value is -2.81. The van der Waals surface area contributed by atoms with Gasteiger partial charge in [0.1, 0.15) is 0 Å². The lowest BCUT2D eigenvalue weighted by atomic mass is 10.0. The van der Waals surface area contributed by atoms with Crippen LogP contribution in [0.1, 0.15) is 22.8 Å². The highest BCUT2D eigenvalue weighted by molar-refractivity contribution is 6.68. The van der Waals surface area contributed by atoms with Crippen LogP contribution in [0.25, 0.3) is 86.7 Å². The minimum absolute atomic E-state index is 0.00623. The van der Waals surface area contributed by atoms with Crippen LogP contribution in [0.5, 0.6) is 0 Å². The summed E-state index contributed by atoms with van der Waals surface area (Å²) in [6.07, 6.45) is 0. The van der Waals surface area contributed by atoms with E-state index in [1.807, 2.05) is 0 Å². The Bertz CT molecular complexity index is 3520. The fourth-order valence-electron chi connectivity index (χ4n) is 7.58. The van der Waals surface area contributed by atoms with Gasteiger partial charge in [-0.2, -0.15) is 0 Å². The minimum Gasteiger partial charge on any atom is -0.352 e. The van der Waals surface area contributed by atoms with E-state index in [0.717, 1.165) is 0 Å². The van der Waals surface area contributed by atoms with Crippen LogP contribution in [0.4, 0.5) is 22.0 Å². The summed E-state index contributed by atoms with van der Waals surface area (Å²) in [6, 6.07) is 13.4. The quantitative estimate of drug-likeness (QED) is 0.105. The van der Waals surface area contributed by atoms with Gasteiger partial charge in [-0.15, -0.1) is 0 Å². The van der Waals surface area contributed by atoms with Crippen molar-refractivity contribution < 1.29 is 22.0 Å². The highest BCUT2D eigenvalue weighted by Crippen LogP contribution is 2.55. The molecule has 2 aliphatic rings. The molecule has 0 atom stereocenters. The van der Waals surface area contributed by atoms with Crippen LogP contribution < -0.4 is 0 Å². The third-order valence-corrected chi connectivity index (χ3v) is 15.7. The van der Waals surface area contributed by atoms with Crippen LogP contribution in [0, 0.1) is 29.1 Å². The summed E-state index contributed by atoms with van der Waals surface area (Å²) in [7, 11) is 0. The van der Waals surface area contributed by atoms with Crippen LogP contribution in [-0.2, 0) is 0 Å². The summed E-state index contributed by atoms with van der Waals surface area (Å²) >= 11 is 98.1. The van der Waals surface area contributed by atoms with E-state index in [1.165, 1.54) is 48.5 Å². The molecule has 0 amide bonds. The van der Waals surface area contributed by atoms with Gasteiger partial charge in [-0.25, -0.2) is 31.9 Å². The second-order valence-corrected chi connectivity index (χ2v) is 19.6. The molecule has 0 unspecified atom stereocenters. The summed E-state index contributed by atoms with van der Waals surface area (Å²) in [5, 5.41) is -3.24. The first-order valence-corrected chi connectivity index (χ1v) is 23.5. The van der Waals surface area contributed by atoms with E-state index in [1.54, 1.807) is 6.07 Å². The maximum Gasteiger partial charge on any atom is 0.200 e. The average molecular weight is 1190 g/mol. The fourth-order valence-corrected chi connectivity index (χ4v) is 11.2. The minimum atomic E-state index is -2.48. The zero-order valence-corrected chi connectivity index (χ0v) is 42.4. The number of fused-ring (bicyclic) bond motifs is 8. The molecule has 4 nitrogen and oxygen atoms in total. The molecular weight excluding hydrogens is 1180 g/mol. The van der Waals surface area contributed by atoms with Gasteiger partial charge in [-0.1, -0.05) is 181 Å². The van der Waals surface area contributed by atoms with E-state index >= 15 is 17.6 Å². The molecule has 340 valence electrons. The average Bonchev–Trinajstić information content (AvgIpc) is 3.95. The van der Waals surface area contributed by atoms with Crippen molar-refractivity contribution in [1.29, 1.82) is 0 Å². The molecule has 0 radical (unpaired) electrons. The fraction of sp³-hybridized carbons (Fsp3) is 0. The zero-order valence-electron chi connectivity index (χ0n) is 31.8. The molecule has 0 saturated carbocycles. The number of aromatic amines is 2. The number of hydrogen-bond acceptors (Lipinski definition) is 2. The highest BCUT2D eigenvalue weighted by Gasteiger charge is 2.36. The second-order valence-electron chi connectivity index (χ2n) is 14.1. The van der Waals surface area contributed by atoms with Gasteiger partial charge in [0.05, 0.1) is 121 Å². The van der Waals surface area contributed by atoms with E-state index in [2.05, 4.69) is 15.0 Å². The van der Waals surface area contributed by atoms with Gasteiger partial charge in [0.15, 0.2) is 23.3 Å². The molecule has 8 bridgehead atoms. The molecule has 4 aromatic carbocycles. The first kappa shape index (κ1) is 49.2. The van der Waals surface area contributed by atoms with Crippen molar-refractivity contribution in [2.75, 3.05) is 0 Å². The summed E-state index contributed by atoms with van der Waals surface area (Å²) in [6.45, 7) is 0. The summed E-state index contributed by atoms with van der Waals surface area (Å²) in [5.74, 6) is -11.8. The molecule has 23 heteroatoms. The summed E-state index contributed by atoms with van der Waals surface area (Å²) in [4.78, 5) is 15.6. The van der Waals surface area contributed by atoms with Gasteiger partial charge < -0.3 is 9.97 Å². The normalized spacial score (nSPS) is 12.9. The maximum absolute atomic E-state index is 16.4. The molecule has 0 aliphatic carbocycles. The summed E-state index contributed by atoms with van der Waals surface area (Å²) in [5.41, 5.74) is -5.40. The smallest absolute Gasteiger partial charge is 0.200 e. The Balaban J connectivity index is 1.71. The van der Waals surface area contributed by atoms with E-state index in [0.29, 0.717) is 0 Å². The Kier molecular flexibility index (Phi) is 13.5. The van der Waals surface area contributed by atoms with E-state index < -0.39 is 71.5 Å². The van der Waals surface area contributed by atoms with Gasteiger partial charge in [0, 0.05) is 38.9 Å². The first-order valence-electron chi connectivity index (χ1n) is 18.2. The van der Waals surface area contributed by atoms with E-state index in [-0.39, 0.29) is 117 Å². The molecular formula is C44H11Cl14F5N4. The lowest BCUT2D eigenvalue weighted by Crippen LogP contribution is -2.05. The van der Waals surface area contributed by atoms with Crippen LogP contribution in [-0.4, -0.2) is 19.9 Å². The predicted molar refractivity (Wildman–Crippen MR) is 270 cm³/mol. The third-order valence-electron chi connectivity index (χ3n) is 10.5. The van der Waals surface area contributed by atoms with Crippen molar-refractivity contribution in [2.45, 2.75) is 0 Å². The van der Waals surface area contributed by atoms with E-state index in [4.69, 9.17) is 167 Å². The van der Waals surface area contributed by atoms with Crippen molar-refractivity contribution in [3.05, 3.63) is 157 Å². The number of aromatic nitrogens is 4. The SMILES string of the molecule is Fc1c(F)c(F)c(-c2c3nc(c(-c4c(Cl)cccc4Cl)c4[nH]c(c(Cl)c4Cl)c(-c4c(Cl)cccc4Cl)c4nc(c(-c5c(Cl)cccc5Cl)c5[nH]c2c(Cl)c5Cl)C(Cl)=C4Cl)C(Cl)=C3Cl)c(F)c1F. The maximum atomic E-state index is 16.4. The lowest BCUT2D eigenvalue weighted by Gasteiger charge is -2.12. The molecule has 0 saturated heterocycles. The Morgan fingerprint density at radius 1 is 0.284 bits per heavy atom. The monoisotopic (exact) mass is 1180 g/mol. The topological polar surface area (TPSA) is 57.4 Å². The Morgan fingerprint density at radius 2 is 0.493 bits per heavy atom. The number of halogens is 19. The van der Waals surface area contributed by atoms with Crippen molar-refractivity contribution in [1.82, 2.24) is 19.9 Å². The third kappa shape index (κ3) is 7.71. The molecule has 3 aromatic heterocycles.